The average Bonchev–Trinajstić information content (AvgIpc) is 2.94. The van der Waals surface area contributed by atoms with Gasteiger partial charge in [-0.1, -0.05) is 12.1 Å². The van der Waals surface area contributed by atoms with Gasteiger partial charge in [0.2, 0.25) is 15.9 Å². The summed E-state index contributed by atoms with van der Waals surface area (Å²) in [5.41, 5.74) is 0.474. The predicted octanol–water partition coefficient (Wildman–Crippen LogP) is 3.54. The lowest BCUT2D eigenvalue weighted by Crippen LogP contribution is -2.53. The molecular weight excluding hydrogens is 595 g/mol. The number of benzene rings is 1. The molecule has 228 valence electrons. The van der Waals surface area contributed by atoms with Crippen molar-refractivity contribution in [3.63, 3.8) is 0 Å². The fourth-order valence-electron chi connectivity index (χ4n) is 3.77. The van der Waals surface area contributed by atoms with E-state index in [0.29, 0.717) is 19.4 Å². The predicted molar refractivity (Wildman–Crippen MR) is 126 cm³/mol. The number of halogens is 7. The van der Waals surface area contributed by atoms with Gasteiger partial charge in [-0.2, -0.15) is 30.6 Å². The van der Waals surface area contributed by atoms with Crippen molar-refractivity contribution < 1.29 is 63.7 Å². The summed E-state index contributed by atoms with van der Waals surface area (Å²) >= 11 is 0. The highest BCUT2D eigenvalue weighted by Gasteiger charge is 2.45. The van der Waals surface area contributed by atoms with E-state index in [1.54, 1.807) is 31.4 Å². The Labute approximate surface area is 229 Å². The zero-order valence-electron chi connectivity index (χ0n) is 21.1. The highest BCUT2D eigenvalue weighted by molar-refractivity contribution is 7.89. The summed E-state index contributed by atoms with van der Waals surface area (Å²) in [7, 11) is -2.01. The first-order chi connectivity index (χ1) is 18.8. The van der Waals surface area contributed by atoms with E-state index in [1.165, 1.54) is 22.5 Å². The van der Waals surface area contributed by atoms with Gasteiger partial charge < -0.3 is 14.9 Å². The Morgan fingerprint density at radius 2 is 1.46 bits per heavy atom. The third kappa shape index (κ3) is 9.53. The zero-order valence-corrected chi connectivity index (χ0v) is 21.9. The number of pyridine rings is 1. The number of aromatic nitrogens is 1. The largest absolute Gasteiger partial charge is 0.490 e. The van der Waals surface area contributed by atoms with Gasteiger partial charge in [-0.3, -0.25) is 4.90 Å². The van der Waals surface area contributed by atoms with Gasteiger partial charge in [0.25, 0.3) is 0 Å². The number of alkyl halides is 6. The normalized spacial score (nSPS) is 18.3. The molecule has 18 heteroatoms. The molecule has 2 aliphatic heterocycles. The van der Waals surface area contributed by atoms with Crippen molar-refractivity contribution in [2.45, 2.75) is 42.2 Å². The Hall–Kier alpha value is -3.51. The van der Waals surface area contributed by atoms with Gasteiger partial charge in [-0.25, -0.2) is 27.4 Å². The molecule has 0 atom stereocenters. The first-order valence-electron chi connectivity index (χ1n) is 11.4. The minimum absolute atomic E-state index is 0.123. The number of hydrogen-bond donors (Lipinski definition) is 2. The summed E-state index contributed by atoms with van der Waals surface area (Å²) < 4.78 is 110. The van der Waals surface area contributed by atoms with Gasteiger partial charge in [0.05, 0.1) is 6.54 Å². The molecule has 0 bridgehead atoms. The smallest absolute Gasteiger partial charge is 0.475 e. The van der Waals surface area contributed by atoms with Crippen molar-refractivity contribution in [2.75, 3.05) is 26.7 Å². The van der Waals surface area contributed by atoms with E-state index in [2.05, 4.69) is 9.88 Å². The second-order valence-electron chi connectivity index (χ2n) is 8.86. The van der Waals surface area contributed by atoms with Crippen LogP contribution >= 0.6 is 0 Å². The molecule has 0 unspecified atom stereocenters. The van der Waals surface area contributed by atoms with E-state index >= 15 is 0 Å². The first-order valence-corrected chi connectivity index (χ1v) is 12.9. The van der Waals surface area contributed by atoms with Crippen LogP contribution in [0, 0.1) is 5.82 Å². The Balaban J connectivity index is 0.000000349. The van der Waals surface area contributed by atoms with Gasteiger partial charge >= 0.3 is 24.3 Å². The van der Waals surface area contributed by atoms with Crippen LogP contribution in [0.1, 0.15) is 18.4 Å². The number of carbonyl (C=O) groups is 2. The molecule has 0 saturated carbocycles. The molecule has 0 aliphatic carbocycles. The molecule has 2 aromatic rings. The summed E-state index contributed by atoms with van der Waals surface area (Å²) in [6.45, 7) is 2.58. The van der Waals surface area contributed by atoms with E-state index in [9.17, 15) is 39.2 Å². The number of rotatable bonds is 2. The summed E-state index contributed by atoms with van der Waals surface area (Å²) in [4.78, 5) is 24.4. The molecule has 1 saturated heterocycles. The number of hydrogen-bond acceptors (Lipinski definition) is 7. The van der Waals surface area contributed by atoms with E-state index in [4.69, 9.17) is 24.5 Å². The number of nitrogens with zero attached hydrogens (tertiary/aromatic N) is 3. The fourth-order valence-corrected chi connectivity index (χ4v) is 5.08. The summed E-state index contributed by atoms with van der Waals surface area (Å²) in [5.74, 6) is -5.56. The van der Waals surface area contributed by atoms with Crippen molar-refractivity contribution in [2.24, 2.45) is 0 Å². The van der Waals surface area contributed by atoms with Gasteiger partial charge in [0.15, 0.2) is 0 Å². The third-order valence-electron chi connectivity index (χ3n) is 5.82. The van der Waals surface area contributed by atoms with Gasteiger partial charge in [-0.05, 0) is 29.8 Å². The third-order valence-corrected chi connectivity index (χ3v) is 7.64. The standard InChI is InChI=1S/C19H22FN3O3S.2C2HF3O2/c1-22-14-19(26-18-17(27(22,24)25)3-2-10-21-18)8-11-23(12-9-19)13-15-4-6-16(20)7-5-15;2*3-2(4,5)1(6)7/h2-7,10H,8-9,11-14H2,1H3;2*(H,6,7). The zero-order chi connectivity index (χ0) is 31.2. The number of carboxylic acid groups (broad SMARTS) is 2. The molecule has 0 radical (unpaired) electrons. The summed E-state index contributed by atoms with van der Waals surface area (Å²) in [5, 5.41) is 14.2. The molecule has 2 aliphatic rings. The first kappa shape index (κ1) is 33.7. The Morgan fingerprint density at radius 1 is 0.976 bits per heavy atom. The van der Waals surface area contributed by atoms with Gasteiger partial charge in [-0.15, -0.1) is 0 Å². The second kappa shape index (κ2) is 13.0. The van der Waals surface area contributed by atoms with Crippen molar-refractivity contribution in [3.8, 4) is 5.88 Å². The maximum absolute atomic E-state index is 13.1. The van der Waals surface area contributed by atoms with Gasteiger partial charge in [0, 0.05) is 45.7 Å². The maximum Gasteiger partial charge on any atom is 0.490 e. The number of ether oxygens (including phenoxy) is 1. The molecule has 4 rings (SSSR count). The number of sulfonamides is 1. The van der Waals surface area contributed by atoms with Crippen molar-refractivity contribution in [1.82, 2.24) is 14.2 Å². The molecule has 1 aromatic heterocycles. The SMILES string of the molecule is CN1CC2(CCN(Cc3ccc(F)cc3)CC2)Oc2ncccc2S1(=O)=O.O=C(O)C(F)(F)F.O=C(O)C(F)(F)F. The molecule has 2 N–H and O–H groups in total. The molecule has 1 spiro atoms. The Kier molecular flexibility index (Phi) is 10.7. The number of piperidine rings is 1. The number of fused-ring (bicyclic) bond motifs is 1. The number of carboxylic acids is 2. The van der Waals surface area contributed by atoms with E-state index in [1.807, 2.05) is 0 Å². The second-order valence-corrected chi connectivity index (χ2v) is 10.9. The van der Waals surface area contributed by atoms with Crippen LogP contribution in [-0.2, 0) is 26.2 Å². The van der Waals surface area contributed by atoms with Crippen LogP contribution in [0.2, 0.25) is 0 Å². The topological polar surface area (TPSA) is 137 Å². The molecule has 0 amide bonds. The van der Waals surface area contributed by atoms with E-state index in [-0.39, 0.29) is 16.6 Å². The van der Waals surface area contributed by atoms with Crippen LogP contribution < -0.4 is 4.74 Å². The minimum atomic E-state index is -5.08. The minimum Gasteiger partial charge on any atom is -0.475 e. The Bertz CT molecular complexity index is 1290. The average molecular weight is 620 g/mol. The van der Waals surface area contributed by atoms with Gasteiger partial charge in [0.1, 0.15) is 16.3 Å². The van der Waals surface area contributed by atoms with E-state index in [0.717, 1.165) is 25.2 Å². The fraction of sp³-hybridized carbons (Fsp3) is 0.435. The summed E-state index contributed by atoms with van der Waals surface area (Å²) in [6, 6.07) is 9.67. The van der Waals surface area contributed by atoms with Crippen LogP contribution in [0.25, 0.3) is 0 Å². The maximum atomic E-state index is 13.1. The molecule has 41 heavy (non-hydrogen) atoms. The summed E-state index contributed by atoms with van der Waals surface area (Å²) in [6.07, 6.45) is -7.22. The molecule has 1 fully saturated rings. The number of likely N-dealkylation sites (tertiary alicyclic amines) is 1. The molecular formula is C23H24F7N3O7S. The molecule has 1 aromatic carbocycles. The highest BCUT2D eigenvalue weighted by atomic mass is 32.2. The van der Waals surface area contributed by atoms with Crippen LogP contribution in [0.4, 0.5) is 30.7 Å². The number of aliphatic carboxylic acids is 2. The quantitative estimate of drug-likeness (QED) is 0.484. The van der Waals surface area contributed by atoms with Crippen LogP contribution in [0.5, 0.6) is 5.88 Å². The van der Waals surface area contributed by atoms with Crippen LogP contribution in [0.3, 0.4) is 0 Å². The lowest BCUT2D eigenvalue weighted by Gasteiger charge is -2.41. The lowest BCUT2D eigenvalue weighted by atomic mass is 9.90. The lowest BCUT2D eigenvalue weighted by molar-refractivity contribution is -0.193. The van der Waals surface area contributed by atoms with Crippen LogP contribution in [-0.4, -0.2) is 89.4 Å². The Morgan fingerprint density at radius 3 is 1.93 bits per heavy atom. The van der Waals surface area contributed by atoms with Crippen molar-refractivity contribution >= 4 is 22.0 Å². The van der Waals surface area contributed by atoms with Crippen molar-refractivity contribution in [1.29, 1.82) is 0 Å². The van der Waals surface area contributed by atoms with Crippen LogP contribution in [0.15, 0.2) is 47.5 Å². The number of likely N-dealkylation sites (N-methyl/N-ethyl adjacent to an activating group) is 1. The van der Waals surface area contributed by atoms with E-state index < -0.39 is 39.9 Å². The monoisotopic (exact) mass is 619 g/mol. The molecule has 10 nitrogen and oxygen atoms in total. The van der Waals surface area contributed by atoms with Crippen molar-refractivity contribution in [3.05, 3.63) is 54.0 Å². The highest BCUT2D eigenvalue weighted by Crippen LogP contribution is 2.37. The molecule has 3 heterocycles.